The molecule has 1 amide bonds. The van der Waals surface area contributed by atoms with Gasteiger partial charge in [-0.3, -0.25) is 4.79 Å². The fourth-order valence-electron chi connectivity index (χ4n) is 1.77. The van der Waals surface area contributed by atoms with Crippen LogP contribution in [0.5, 0.6) is 0 Å². The largest absolute Gasteiger partial charge is 0.317 e. The number of hydrogen-bond donors (Lipinski definition) is 2. The van der Waals surface area contributed by atoms with E-state index in [0.29, 0.717) is 10.8 Å². The van der Waals surface area contributed by atoms with Crippen LogP contribution in [-0.2, 0) is 11.2 Å². The van der Waals surface area contributed by atoms with E-state index in [-0.39, 0.29) is 17.4 Å². The monoisotopic (exact) mass is 445 g/mol. The van der Waals surface area contributed by atoms with E-state index in [4.69, 9.17) is 23.8 Å². The quantitative estimate of drug-likeness (QED) is 0.559. The Kier molecular flexibility index (Phi) is 6.10. The average Bonchev–Trinajstić information content (AvgIpc) is 2.44. The number of benzene rings is 1. The molecule has 1 heterocycles. The van der Waals surface area contributed by atoms with Gasteiger partial charge < -0.3 is 10.6 Å². The standard InChI is InChI=1S/C15H13ClIN3OS/c1-9-6-12(17)8-18-14(9)20-15(22)19-13(21)7-10-2-4-11(16)5-3-10/h2-6,8H,7H2,1H3,(H2,18,19,20,21,22). The molecule has 0 saturated heterocycles. The van der Waals surface area contributed by atoms with Gasteiger partial charge in [-0.25, -0.2) is 4.98 Å². The van der Waals surface area contributed by atoms with Crippen LogP contribution in [0.3, 0.4) is 0 Å². The van der Waals surface area contributed by atoms with Crippen molar-refractivity contribution in [2.45, 2.75) is 13.3 Å². The Bertz CT molecular complexity index is 706. The van der Waals surface area contributed by atoms with Gasteiger partial charge in [-0.2, -0.15) is 0 Å². The molecule has 0 bridgehead atoms. The molecule has 2 aromatic rings. The molecular formula is C15H13ClIN3OS. The minimum Gasteiger partial charge on any atom is -0.317 e. The van der Waals surface area contributed by atoms with E-state index >= 15 is 0 Å². The van der Waals surface area contributed by atoms with Crippen LogP contribution in [0.15, 0.2) is 36.5 Å². The van der Waals surface area contributed by atoms with Crippen LogP contribution in [0.1, 0.15) is 11.1 Å². The predicted octanol–water partition coefficient (Wildman–Crippen LogP) is 3.70. The molecule has 0 spiro atoms. The van der Waals surface area contributed by atoms with Crippen LogP contribution < -0.4 is 10.6 Å². The van der Waals surface area contributed by atoms with E-state index in [0.717, 1.165) is 14.7 Å². The maximum atomic E-state index is 11.9. The molecule has 0 atom stereocenters. The van der Waals surface area contributed by atoms with Crippen molar-refractivity contribution in [3.63, 3.8) is 0 Å². The SMILES string of the molecule is Cc1cc(I)cnc1NC(=S)NC(=O)Cc1ccc(Cl)cc1. The molecule has 2 rings (SSSR count). The molecule has 0 aliphatic heterocycles. The highest BCUT2D eigenvalue weighted by Gasteiger charge is 2.08. The number of hydrogen-bond acceptors (Lipinski definition) is 3. The van der Waals surface area contributed by atoms with Crippen molar-refractivity contribution in [2.24, 2.45) is 0 Å². The molecule has 2 N–H and O–H groups in total. The lowest BCUT2D eigenvalue weighted by Gasteiger charge is -2.11. The minimum atomic E-state index is -0.192. The number of thiocarbonyl (C=S) groups is 1. The third kappa shape index (κ3) is 5.19. The molecule has 0 fully saturated rings. The Morgan fingerprint density at radius 3 is 2.68 bits per heavy atom. The summed E-state index contributed by atoms with van der Waals surface area (Å²) in [6, 6.07) is 9.10. The van der Waals surface area contributed by atoms with Crippen LogP contribution in [-0.4, -0.2) is 16.0 Å². The molecule has 114 valence electrons. The van der Waals surface area contributed by atoms with Gasteiger partial charge in [0.05, 0.1) is 6.42 Å². The fraction of sp³-hybridized carbons (Fsp3) is 0.133. The van der Waals surface area contributed by atoms with E-state index < -0.39 is 0 Å². The van der Waals surface area contributed by atoms with Crippen LogP contribution >= 0.6 is 46.4 Å². The second kappa shape index (κ2) is 7.85. The first kappa shape index (κ1) is 17.1. The van der Waals surface area contributed by atoms with E-state index in [1.54, 1.807) is 18.3 Å². The summed E-state index contributed by atoms with van der Waals surface area (Å²) in [7, 11) is 0. The smallest absolute Gasteiger partial charge is 0.230 e. The first-order valence-electron chi connectivity index (χ1n) is 6.41. The van der Waals surface area contributed by atoms with Crippen LogP contribution in [0, 0.1) is 10.5 Å². The highest BCUT2D eigenvalue weighted by Crippen LogP contribution is 2.14. The fourth-order valence-corrected chi connectivity index (χ4v) is 2.71. The molecule has 0 radical (unpaired) electrons. The first-order valence-corrected chi connectivity index (χ1v) is 8.28. The number of nitrogens with one attached hydrogen (secondary N) is 2. The van der Waals surface area contributed by atoms with Crippen molar-refractivity contribution in [1.82, 2.24) is 10.3 Å². The lowest BCUT2D eigenvalue weighted by molar-refractivity contribution is -0.119. The topological polar surface area (TPSA) is 54.0 Å². The van der Waals surface area contributed by atoms with Crippen molar-refractivity contribution < 1.29 is 4.79 Å². The zero-order valence-electron chi connectivity index (χ0n) is 11.7. The molecule has 22 heavy (non-hydrogen) atoms. The zero-order chi connectivity index (χ0) is 16.1. The summed E-state index contributed by atoms with van der Waals surface area (Å²) in [5.41, 5.74) is 1.83. The Balaban J connectivity index is 1.91. The van der Waals surface area contributed by atoms with Crippen LogP contribution in [0.2, 0.25) is 5.02 Å². The highest BCUT2D eigenvalue weighted by molar-refractivity contribution is 14.1. The van der Waals surface area contributed by atoms with E-state index in [1.165, 1.54) is 0 Å². The first-order chi connectivity index (χ1) is 10.4. The van der Waals surface area contributed by atoms with Gasteiger partial charge >= 0.3 is 0 Å². The Hall–Kier alpha value is -1.25. The van der Waals surface area contributed by atoms with Crippen molar-refractivity contribution >= 4 is 63.2 Å². The molecule has 1 aromatic carbocycles. The molecule has 7 heteroatoms. The van der Waals surface area contributed by atoms with Gasteiger partial charge in [-0.15, -0.1) is 0 Å². The highest BCUT2D eigenvalue weighted by atomic mass is 127. The minimum absolute atomic E-state index is 0.192. The predicted molar refractivity (Wildman–Crippen MR) is 101 cm³/mol. The summed E-state index contributed by atoms with van der Waals surface area (Å²) in [6.07, 6.45) is 1.96. The summed E-state index contributed by atoms with van der Waals surface area (Å²) in [4.78, 5) is 16.2. The number of rotatable bonds is 3. The van der Waals surface area contributed by atoms with Crippen molar-refractivity contribution in [3.8, 4) is 0 Å². The normalized spacial score (nSPS) is 10.1. The summed E-state index contributed by atoms with van der Waals surface area (Å²) in [6.45, 7) is 1.93. The molecule has 0 aliphatic rings. The number of carbonyl (C=O) groups excluding carboxylic acids is 1. The number of amides is 1. The van der Waals surface area contributed by atoms with E-state index in [2.05, 4.69) is 38.2 Å². The summed E-state index contributed by atoms with van der Waals surface area (Å²) >= 11 is 13.1. The second-order valence-corrected chi connectivity index (χ2v) is 6.71. The number of anilines is 1. The second-order valence-electron chi connectivity index (χ2n) is 4.62. The molecule has 1 aromatic heterocycles. The maximum Gasteiger partial charge on any atom is 0.230 e. The van der Waals surface area contributed by atoms with Crippen LogP contribution in [0.4, 0.5) is 5.82 Å². The van der Waals surface area contributed by atoms with E-state index in [9.17, 15) is 4.79 Å². The Labute approximate surface area is 152 Å². The number of nitrogens with zero attached hydrogens (tertiary/aromatic N) is 1. The van der Waals surface area contributed by atoms with Gasteiger partial charge in [0.15, 0.2) is 5.11 Å². The molecule has 0 aliphatic carbocycles. The van der Waals surface area contributed by atoms with Gasteiger partial charge in [0.1, 0.15) is 5.82 Å². The summed E-state index contributed by atoms with van der Waals surface area (Å²) in [5.74, 6) is 0.445. The van der Waals surface area contributed by atoms with Gasteiger partial charge in [-0.1, -0.05) is 23.7 Å². The molecule has 4 nitrogen and oxygen atoms in total. The molecule has 0 unspecified atom stereocenters. The third-order valence-corrected chi connectivity index (χ3v) is 3.85. The number of aryl methyl sites for hydroxylation is 1. The van der Waals surface area contributed by atoms with Gasteiger partial charge in [0.2, 0.25) is 5.91 Å². The van der Waals surface area contributed by atoms with Crippen molar-refractivity contribution in [1.29, 1.82) is 0 Å². The number of pyridine rings is 1. The molecule has 0 saturated carbocycles. The van der Waals surface area contributed by atoms with Crippen LogP contribution in [0.25, 0.3) is 0 Å². The zero-order valence-corrected chi connectivity index (χ0v) is 15.4. The maximum absolute atomic E-state index is 11.9. The van der Waals surface area contributed by atoms with Gasteiger partial charge in [-0.05, 0) is 71.1 Å². The third-order valence-electron chi connectivity index (χ3n) is 2.81. The van der Waals surface area contributed by atoms with Crippen molar-refractivity contribution in [3.05, 3.63) is 56.2 Å². The lowest BCUT2D eigenvalue weighted by Crippen LogP contribution is -2.35. The average molecular weight is 446 g/mol. The number of halogens is 2. The van der Waals surface area contributed by atoms with Gasteiger partial charge in [0, 0.05) is 14.8 Å². The lowest BCUT2D eigenvalue weighted by atomic mass is 10.1. The Morgan fingerprint density at radius 1 is 1.36 bits per heavy atom. The Morgan fingerprint density at radius 2 is 2.05 bits per heavy atom. The number of aromatic nitrogens is 1. The van der Waals surface area contributed by atoms with Crippen molar-refractivity contribution in [2.75, 3.05) is 5.32 Å². The summed E-state index contributed by atoms with van der Waals surface area (Å²) < 4.78 is 1.04. The van der Waals surface area contributed by atoms with Gasteiger partial charge in [0.25, 0.3) is 0 Å². The number of carbonyl (C=O) groups is 1. The van der Waals surface area contributed by atoms with E-state index in [1.807, 2.05) is 25.1 Å². The summed E-state index contributed by atoms with van der Waals surface area (Å²) in [5, 5.41) is 6.44. The molecular weight excluding hydrogens is 433 g/mol.